The molecule has 0 aliphatic heterocycles. The zero-order valence-electron chi connectivity index (χ0n) is 30.2. The second-order valence-corrected chi connectivity index (χ2v) is 14.0. The number of hydrogen-bond acceptors (Lipinski definition) is 2. The van der Waals surface area contributed by atoms with Gasteiger partial charge in [0.1, 0.15) is 11.6 Å². The van der Waals surface area contributed by atoms with Crippen LogP contribution in [-0.2, 0) is 25.7 Å². The molecule has 7 aromatic rings. The van der Waals surface area contributed by atoms with Gasteiger partial charge in [-0.1, -0.05) is 108 Å². The van der Waals surface area contributed by atoms with Crippen LogP contribution < -0.4 is 0 Å². The number of benzene rings is 5. The molecule has 0 atom stereocenters. The number of rotatable bonds is 10. The maximum absolute atomic E-state index is 4.74. The molecule has 0 aliphatic rings. The van der Waals surface area contributed by atoms with Crippen molar-refractivity contribution in [3.63, 3.8) is 0 Å². The Morgan fingerprint density at radius 3 is 1.16 bits per heavy atom. The molecule has 2 heterocycles. The number of imidazole rings is 2. The summed E-state index contributed by atoms with van der Waals surface area (Å²) in [5.41, 5.74) is 17.8. The number of aryl methyl sites for hydroxylation is 10. The molecule has 0 aliphatic carbocycles. The summed E-state index contributed by atoms with van der Waals surface area (Å²) in [5.74, 6) is 1.96. The van der Waals surface area contributed by atoms with Crippen LogP contribution in [0.15, 0.2) is 122 Å². The van der Waals surface area contributed by atoms with Crippen molar-refractivity contribution in [1.82, 2.24) is 19.1 Å². The van der Waals surface area contributed by atoms with Crippen LogP contribution in [0.5, 0.6) is 0 Å². The fourth-order valence-corrected chi connectivity index (χ4v) is 7.66. The summed E-state index contributed by atoms with van der Waals surface area (Å²) < 4.78 is 4.45. The Morgan fingerprint density at radius 2 is 0.780 bits per heavy atom. The molecular formula is C46H46N4. The Morgan fingerprint density at radius 1 is 0.420 bits per heavy atom. The molecular weight excluding hydrogens is 609 g/mol. The van der Waals surface area contributed by atoms with E-state index in [4.69, 9.17) is 9.97 Å². The van der Waals surface area contributed by atoms with E-state index in [1.54, 1.807) is 0 Å². The van der Waals surface area contributed by atoms with E-state index in [1.807, 2.05) is 12.4 Å². The molecule has 0 unspecified atom stereocenters. The van der Waals surface area contributed by atoms with Crippen LogP contribution in [0.25, 0.3) is 34.2 Å². The molecule has 50 heavy (non-hydrogen) atoms. The molecule has 0 saturated heterocycles. The van der Waals surface area contributed by atoms with E-state index in [0.717, 1.165) is 48.5 Å². The lowest BCUT2D eigenvalue weighted by molar-refractivity contribution is 0.930. The SMILES string of the molecule is Cc1cc(C)c(-n2ccnc2-c2ccc(CCc3cccc(CCc4ccc(-c5nccn5-c5c(C)cc(C)cc5C)cc4)c3)cc2)c(C)c1. The summed E-state index contributed by atoms with van der Waals surface area (Å²) in [7, 11) is 0. The summed E-state index contributed by atoms with van der Waals surface area (Å²) in [6.45, 7) is 13.0. The average molecular weight is 655 g/mol. The highest BCUT2D eigenvalue weighted by Gasteiger charge is 2.14. The fraction of sp³-hybridized carbons (Fsp3) is 0.217. The second-order valence-electron chi connectivity index (χ2n) is 14.0. The molecule has 0 bridgehead atoms. The first kappa shape index (κ1) is 33.0. The first-order valence-electron chi connectivity index (χ1n) is 17.7. The minimum absolute atomic E-state index is 0.979. The van der Waals surface area contributed by atoms with Crippen molar-refractivity contribution < 1.29 is 0 Å². The quantitative estimate of drug-likeness (QED) is 0.147. The molecule has 5 aromatic carbocycles. The van der Waals surface area contributed by atoms with E-state index in [1.165, 1.54) is 67.0 Å². The first-order valence-corrected chi connectivity index (χ1v) is 17.7. The highest BCUT2D eigenvalue weighted by atomic mass is 15.1. The molecule has 0 fully saturated rings. The Bertz CT molecular complexity index is 2060. The molecule has 0 radical (unpaired) electrons. The lowest BCUT2D eigenvalue weighted by Crippen LogP contribution is -2.02. The van der Waals surface area contributed by atoms with E-state index in [-0.39, 0.29) is 0 Å². The predicted molar refractivity (Wildman–Crippen MR) is 208 cm³/mol. The van der Waals surface area contributed by atoms with Gasteiger partial charge in [-0.3, -0.25) is 9.13 Å². The van der Waals surface area contributed by atoms with Crippen LogP contribution in [-0.4, -0.2) is 19.1 Å². The maximum atomic E-state index is 4.74. The minimum Gasteiger partial charge on any atom is -0.299 e. The van der Waals surface area contributed by atoms with Gasteiger partial charge in [-0.25, -0.2) is 9.97 Å². The monoisotopic (exact) mass is 654 g/mol. The van der Waals surface area contributed by atoms with Crippen molar-refractivity contribution >= 4 is 0 Å². The van der Waals surface area contributed by atoms with Crippen LogP contribution in [0.3, 0.4) is 0 Å². The molecule has 4 heteroatoms. The molecule has 0 saturated carbocycles. The fourth-order valence-electron chi connectivity index (χ4n) is 7.66. The minimum atomic E-state index is 0.979. The Hall–Kier alpha value is -5.48. The molecule has 0 N–H and O–H groups in total. The maximum Gasteiger partial charge on any atom is 0.144 e. The molecule has 250 valence electrons. The van der Waals surface area contributed by atoms with Crippen molar-refractivity contribution in [3.05, 3.63) is 177 Å². The van der Waals surface area contributed by atoms with Gasteiger partial charge in [-0.05, 0) is 112 Å². The number of nitrogens with zero attached hydrogens (tertiary/aromatic N) is 4. The van der Waals surface area contributed by atoms with E-state index in [9.17, 15) is 0 Å². The Kier molecular flexibility index (Phi) is 9.36. The van der Waals surface area contributed by atoms with Gasteiger partial charge in [0.15, 0.2) is 0 Å². The third-order valence-corrected chi connectivity index (χ3v) is 9.85. The van der Waals surface area contributed by atoms with E-state index < -0.39 is 0 Å². The standard InChI is InChI=1S/C46H46N4/c1-31-26-33(3)43(34(4)27-31)49-24-22-47-45(49)41-18-14-37(15-19-41)10-12-39-8-7-9-40(30-39)13-11-38-16-20-42(21-17-38)46-48-23-25-50(46)44-35(5)28-32(2)29-36(44)6/h7-9,14-30H,10-13H2,1-6H3. The van der Waals surface area contributed by atoms with Crippen molar-refractivity contribution in [2.45, 2.75) is 67.2 Å². The van der Waals surface area contributed by atoms with Crippen LogP contribution in [0.1, 0.15) is 55.6 Å². The van der Waals surface area contributed by atoms with E-state index >= 15 is 0 Å². The summed E-state index contributed by atoms with van der Waals surface area (Å²) in [6.07, 6.45) is 12.0. The number of aromatic nitrogens is 4. The Balaban J connectivity index is 0.973. The third kappa shape index (κ3) is 6.97. The molecule has 0 spiro atoms. The van der Waals surface area contributed by atoms with Crippen LogP contribution in [0.4, 0.5) is 0 Å². The van der Waals surface area contributed by atoms with Gasteiger partial charge < -0.3 is 0 Å². The lowest BCUT2D eigenvalue weighted by atomic mass is 9.98. The second kappa shape index (κ2) is 14.2. The lowest BCUT2D eigenvalue weighted by Gasteiger charge is -2.15. The van der Waals surface area contributed by atoms with Crippen LogP contribution >= 0.6 is 0 Å². The van der Waals surface area contributed by atoms with Gasteiger partial charge in [0.2, 0.25) is 0 Å². The van der Waals surface area contributed by atoms with Crippen molar-refractivity contribution in [2.24, 2.45) is 0 Å². The predicted octanol–water partition coefficient (Wildman–Crippen LogP) is 10.8. The largest absolute Gasteiger partial charge is 0.299 e. The van der Waals surface area contributed by atoms with Crippen molar-refractivity contribution in [3.8, 4) is 34.2 Å². The smallest absolute Gasteiger partial charge is 0.144 e. The normalized spacial score (nSPS) is 11.3. The third-order valence-electron chi connectivity index (χ3n) is 9.85. The van der Waals surface area contributed by atoms with Crippen LogP contribution in [0, 0.1) is 41.5 Å². The van der Waals surface area contributed by atoms with Crippen molar-refractivity contribution in [2.75, 3.05) is 0 Å². The van der Waals surface area contributed by atoms with Gasteiger partial charge in [0.05, 0.1) is 11.4 Å². The zero-order valence-corrected chi connectivity index (χ0v) is 30.2. The summed E-state index contributed by atoms with van der Waals surface area (Å²) in [5, 5.41) is 0. The van der Waals surface area contributed by atoms with Gasteiger partial charge in [0, 0.05) is 35.9 Å². The van der Waals surface area contributed by atoms with Crippen LogP contribution in [0.2, 0.25) is 0 Å². The van der Waals surface area contributed by atoms with Gasteiger partial charge >= 0.3 is 0 Å². The van der Waals surface area contributed by atoms with Gasteiger partial charge in [-0.2, -0.15) is 0 Å². The molecule has 4 nitrogen and oxygen atoms in total. The average Bonchev–Trinajstić information content (AvgIpc) is 3.77. The molecule has 2 aromatic heterocycles. The zero-order chi connectivity index (χ0) is 34.8. The van der Waals surface area contributed by atoms with Gasteiger partial charge in [0.25, 0.3) is 0 Å². The van der Waals surface area contributed by atoms with E-state index in [2.05, 4.69) is 160 Å². The van der Waals surface area contributed by atoms with Gasteiger partial charge in [-0.15, -0.1) is 0 Å². The van der Waals surface area contributed by atoms with E-state index in [0.29, 0.717) is 0 Å². The first-order chi connectivity index (χ1) is 24.2. The topological polar surface area (TPSA) is 35.6 Å². The number of hydrogen-bond donors (Lipinski definition) is 0. The highest BCUT2D eigenvalue weighted by molar-refractivity contribution is 5.63. The molecule has 0 amide bonds. The highest BCUT2D eigenvalue weighted by Crippen LogP contribution is 2.29. The van der Waals surface area contributed by atoms with Crippen molar-refractivity contribution in [1.29, 1.82) is 0 Å². The Labute approximate surface area is 297 Å². The summed E-state index contributed by atoms with van der Waals surface area (Å²) >= 11 is 0. The molecule has 7 rings (SSSR count). The summed E-state index contributed by atoms with van der Waals surface area (Å²) in [6, 6.07) is 36.0. The summed E-state index contributed by atoms with van der Waals surface area (Å²) in [4.78, 5) is 9.48.